The second kappa shape index (κ2) is 5.21. The summed E-state index contributed by atoms with van der Waals surface area (Å²) in [5.41, 5.74) is 2.02. The van der Waals surface area contributed by atoms with Crippen LogP contribution in [0.1, 0.15) is 31.1 Å². The van der Waals surface area contributed by atoms with Gasteiger partial charge in [0.2, 0.25) is 0 Å². The highest BCUT2D eigenvalue weighted by molar-refractivity contribution is 5.66. The van der Waals surface area contributed by atoms with Crippen molar-refractivity contribution < 1.29 is 9.53 Å². The van der Waals surface area contributed by atoms with Crippen molar-refractivity contribution in [2.45, 2.75) is 26.9 Å². The fourth-order valence-corrected chi connectivity index (χ4v) is 1.35. The van der Waals surface area contributed by atoms with Crippen LogP contribution < -0.4 is 0 Å². The Morgan fingerprint density at radius 1 is 1.40 bits per heavy atom. The number of rotatable bonds is 2. The molecule has 0 amide bonds. The van der Waals surface area contributed by atoms with Crippen LogP contribution in [0.4, 0.5) is 0 Å². The van der Waals surface area contributed by atoms with Crippen molar-refractivity contribution in [3.63, 3.8) is 0 Å². The Morgan fingerprint density at radius 3 is 2.60 bits per heavy atom. The number of benzene rings is 1. The van der Waals surface area contributed by atoms with E-state index in [-0.39, 0.29) is 5.97 Å². The van der Waals surface area contributed by atoms with E-state index in [1.54, 1.807) is 6.92 Å². The Kier molecular flexibility index (Phi) is 3.93. The summed E-state index contributed by atoms with van der Waals surface area (Å²) in [6.45, 7) is 5.10. The van der Waals surface area contributed by atoms with Crippen molar-refractivity contribution in [2.75, 3.05) is 0 Å². The van der Waals surface area contributed by atoms with Crippen molar-refractivity contribution >= 4 is 5.97 Å². The van der Waals surface area contributed by atoms with Crippen LogP contribution in [0.5, 0.6) is 0 Å². The van der Waals surface area contributed by atoms with Gasteiger partial charge in [0.25, 0.3) is 0 Å². The number of ether oxygens (including phenoxy) is 1. The summed E-state index contributed by atoms with van der Waals surface area (Å²) in [5, 5.41) is 0. The fraction of sp³-hybridized carbons (Fsp3) is 0.308. The predicted molar refractivity (Wildman–Crippen MR) is 59.1 cm³/mol. The monoisotopic (exact) mass is 202 g/mol. The molecule has 15 heavy (non-hydrogen) atoms. The smallest absolute Gasteiger partial charge is 0.304 e. The highest BCUT2D eigenvalue weighted by Crippen LogP contribution is 2.20. The van der Waals surface area contributed by atoms with Gasteiger partial charge in [-0.15, -0.1) is 5.92 Å². The molecule has 0 heterocycles. The predicted octanol–water partition coefficient (Wildman–Crippen LogP) is 2.62. The average molecular weight is 202 g/mol. The molecule has 0 unspecified atom stereocenters. The van der Waals surface area contributed by atoms with E-state index in [9.17, 15) is 4.79 Å². The van der Waals surface area contributed by atoms with Crippen molar-refractivity contribution in [3.05, 3.63) is 35.4 Å². The van der Waals surface area contributed by atoms with E-state index in [4.69, 9.17) is 4.74 Å². The first-order valence-corrected chi connectivity index (χ1v) is 4.80. The van der Waals surface area contributed by atoms with Gasteiger partial charge in [0.15, 0.2) is 6.10 Å². The van der Waals surface area contributed by atoms with Crippen LogP contribution in [0.2, 0.25) is 0 Å². The van der Waals surface area contributed by atoms with Gasteiger partial charge in [-0.3, -0.25) is 4.79 Å². The topological polar surface area (TPSA) is 26.3 Å². The molecule has 1 aromatic rings. The minimum Gasteiger partial charge on any atom is -0.444 e. The summed E-state index contributed by atoms with van der Waals surface area (Å²) in [4.78, 5) is 10.9. The summed E-state index contributed by atoms with van der Waals surface area (Å²) in [6.07, 6.45) is -0.450. The zero-order chi connectivity index (χ0) is 11.3. The number of carbonyl (C=O) groups excluding carboxylic acids is 1. The molecule has 1 aromatic carbocycles. The molecule has 0 aromatic heterocycles. The van der Waals surface area contributed by atoms with Crippen LogP contribution in [0.25, 0.3) is 0 Å². The molecule has 0 bridgehead atoms. The summed E-state index contributed by atoms with van der Waals surface area (Å²) in [6, 6.07) is 7.76. The Morgan fingerprint density at radius 2 is 2.07 bits per heavy atom. The zero-order valence-electron chi connectivity index (χ0n) is 9.20. The van der Waals surface area contributed by atoms with Crippen molar-refractivity contribution in [1.82, 2.24) is 0 Å². The lowest BCUT2D eigenvalue weighted by Gasteiger charge is -2.13. The third-order valence-corrected chi connectivity index (χ3v) is 2.03. The number of carbonyl (C=O) groups is 1. The van der Waals surface area contributed by atoms with E-state index in [2.05, 4.69) is 11.8 Å². The second-order valence-electron chi connectivity index (χ2n) is 3.24. The number of hydrogen-bond donors (Lipinski definition) is 0. The van der Waals surface area contributed by atoms with Gasteiger partial charge in [0, 0.05) is 12.5 Å². The Balaban J connectivity index is 3.02. The molecule has 0 aliphatic rings. The van der Waals surface area contributed by atoms with Gasteiger partial charge < -0.3 is 4.74 Å². The molecule has 0 spiro atoms. The van der Waals surface area contributed by atoms with Gasteiger partial charge in [-0.05, 0) is 19.4 Å². The van der Waals surface area contributed by atoms with Crippen molar-refractivity contribution in [1.29, 1.82) is 0 Å². The van der Waals surface area contributed by atoms with Gasteiger partial charge in [0.1, 0.15) is 0 Å². The number of hydrogen-bond acceptors (Lipinski definition) is 2. The molecule has 0 aliphatic heterocycles. The quantitative estimate of drug-likeness (QED) is 0.544. The molecule has 0 N–H and O–H groups in total. The average Bonchev–Trinajstić information content (AvgIpc) is 2.17. The molecule has 0 radical (unpaired) electrons. The van der Waals surface area contributed by atoms with Crippen LogP contribution >= 0.6 is 0 Å². The maximum absolute atomic E-state index is 10.9. The van der Waals surface area contributed by atoms with Gasteiger partial charge in [0.05, 0.1) is 0 Å². The van der Waals surface area contributed by atoms with E-state index in [0.29, 0.717) is 0 Å². The lowest BCUT2D eigenvalue weighted by Crippen LogP contribution is -2.07. The third-order valence-electron chi connectivity index (χ3n) is 2.03. The molecule has 1 atom stereocenters. The standard InChI is InChI=1S/C13H14O2/c1-4-7-13(15-11(3)14)12-9-6-5-8-10(12)2/h5-6,8-9,13H,1-3H3/t13-/m0/s1. The van der Waals surface area contributed by atoms with Crippen molar-refractivity contribution in [2.24, 2.45) is 0 Å². The van der Waals surface area contributed by atoms with E-state index in [1.165, 1.54) is 6.92 Å². The first-order valence-electron chi connectivity index (χ1n) is 4.80. The Bertz CT molecular complexity index is 410. The van der Waals surface area contributed by atoms with Crippen LogP contribution in [0, 0.1) is 18.8 Å². The summed E-state index contributed by atoms with van der Waals surface area (Å²) in [5.74, 6) is 5.34. The lowest BCUT2D eigenvalue weighted by atomic mass is 10.0. The summed E-state index contributed by atoms with van der Waals surface area (Å²) >= 11 is 0. The molecule has 0 saturated carbocycles. The molecule has 0 fully saturated rings. The van der Waals surface area contributed by atoms with Gasteiger partial charge in [-0.1, -0.05) is 30.2 Å². The van der Waals surface area contributed by atoms with Crippen LogP contribution in [-0.4, -0.2) is 5.97 Å². The molecule has 0 aliphatic carbocycles. The molecule has 0 saturated heterocycles. The van der Waals surface area contributed by atoms with E-state index in [1.807, 2.05) is 31.2 Å². The SMILES string of the molecule is CC#C[C@H](OC(C)=O)c1ccccc1C. The minimum atomic E-state index is -0.450. The van der Waals surface area contributed by atoms with Crippen LogP contribution in [0.3, 0.4) is 0 Å². The third kappa shape index (κ3) is 3.14. The molecule has 78 valence electrons. The molecular formula is C13H14O2. The summed E-state index contributed by atoms with van der Waals surface area (Å²) < 4.78 is 5.15. The Hall–Kier alpha value is -1.75. The number of aryl methyl sites for hydroxylation is 1. The maximum atomic E-state index is 10.9. The highest BCUT2D eigenvalue weighted by atomic mass is 16.5. The Labute approximate surface area is 90.3 Å². The molecular weight excluding hydrogens is 188 g/mol. The van der Waals surface area contributed by atoms with E-state index < -0.39 is 6.10 Å². The zero-order valence-corrected chi connectivity index (χ0v) is 9.20. The molecule has 1 rings (SSSR count). The van der Waals surface area contributed by atoms with Crippen LogP contribution in [-0.2, 0) is 9.53 Å². The maximum Gasteiger partial charge on any atom is 0.304 e. The first kappa shape index (κ1) is 11.3. The fourth-order valence-electron chi connectivity index (χ4n) is 1.35. The van der Waals surface area contributed by atoms with Crippen LogP contribution in [0.15, 0.2) is 24.3 Å². The summed E-state index contributed by atoms with van der Waals surface area (Å²) in [7, 11) is 0. The minimum absolute atomic E-state index is 0.314. The van der Waals surface area contributed by atoms with E-state index >= 15 is 0 Å². The number of esters is 1. The lowest BCUT2D eigenvalue weighted by molar-refractivity contribution is -0.144. The first-order chi connectivity index (χ1) is 7.15. The molecule has 2 nitrogen and oxygen atoms in total. The van der Waals surface area contributed by atoms with Gasteiger partial charge in [-0.2, -0.15) is 0 Å². The van der Waals surface area contributed by atoms with Crippen molar-refractivity contribution in [3.8, 4) is 11.8 Å². The second-order valence-corrected chi connectivity index (χ2v) is 3.24. The largest absolute Gasteiger partial charge is 0.444 e. The van der Waals surface area contributed by atoms with E-state index in [0.717, 1.165) is 11.1 Å². The van der Waals surface area contributed by atoms with Gasteiger partial charge >= 0.3 is 5.97 Å². The van der Waals surface area contributed by atoms with Gasteiger partial charge in [-0.25, -0.2) is 0 Å². The molecule has 2 heteroatoms. The normalized spacial score (nSPS) is 11.1. The highest BCUT2D eigenvalue weighted by Gasteiger charge is 2.13.